The van der Waals surface area contributed by atoms with E-state index in [9.17, 15) is 5.11 Å². The van der Waals surface area contributed by atoms with Crippen molar-refractivity contribution in [1.82, 2.24) is 0 Å². The summed E-state index contributed by atoms with van der Waals surface area (Å²) in [7, 11) is 1.72. The number of aliphatic hydroxyl groups excluding tert-OH is 1. The van der Waals surface area contributed by atoms with Gasteiger partial charge in [-0.25, -0.2) is 0 Å². The Labute approximate surface area is 72.7 Å². The molecule has 1 saturated heterocycles. The van der Waals surface area contributed by atoms with Crippen LogP contribution < -0.4 is 0 Å². The first-order valence-corrected chi connectivity index (χ1v) is 4.60. The number of aliphatic hydroxyl groups is 1. The molecule has 1 aliphatic carbocycles. The molecule has 2 aliphatic rings. The van der Waals surface area contributed by atoms with Gasteiger partial charge in [-0.3, -0.25) is 0 Å². The molecule has 4 atom stereocenters. The molecular formula is C9H16O3. The van der Waals surface area contributed by atoms with E-state index in [1.54, 1.807) is 7.11 Å². The lowest BCUT2D eigenvalue weighted by molar-refractivity contribution is -0.0174. The van der Waals surface area contributed by atoms with E-state index in [0.29, 0.717) is 11.8 Å². The highest BCUT2D eigenvalue weighted by atomic mass is 16.5. The summed E-state index contributed by atoms with van der Waals surface area (Å²) in [6, 6.07) is 0. The fourth-order valence-electron chi connectivity index (χ4n) is 2.35. The second-order valence-corrected chi connectivity index (χ2v) is 3.89. The number of hydrogen-bond acceptors (Lipinski definition) is 3. The van der Waals surface area contributed by atoms with Gasteiger partial charge in [-0.2, -0.15) is 0 Å². The first-order chi connectivity index (χ1) is 5.81. The van der Waals surface area contributed by atoms with Crippen molar-refractivity contribution in [3.63, 3.8) is 0 Å². The topological polar surface area (TPSA) is 38.7 Å². The Bertz CT molecular complexity index is 160. The van der Waals surface area contributed by atoms with Crippen LogP contribution in [0.5, 0.6) is 0 Å². The van der Waals surface area contributed by atoms with Gasteiger partial charge in [0.05, 0.1) is 18.8 Å². The lowest BCUT2D eigenvalue weighted by atomic mass is 9.79. The van der Waals surface area contributed by atoms with Gasteiger partial charge in [0.15, 0.2) is 0 Å². The fraction of sp³-hybridized carbons (Fsp3) is 1.00. The van der Waals surface area contributed by atoms with E-state index in [2.05, 4.69) is 0 Å². The van der Waals surface area contributed by atoms with Crippen LogP contribution in [0, 0.1) is 11.8 Å². The van der Waals surface area contributed by atoms with Crippen LogP contribution in [0.15, 0.2) is 0 Å². The zero-order chi connectivity index (χ0) is 8.55. The molecule has 12 heavy (non-hydrogen) atoms. The Morgan fingerprint density at radius 2 is 2.33 bits per heavy atom. The minimum absolute atomic E-state index is 0.114. The van der Waals surface area contributed by atoms with Crippen LogP contribution in [0.2, 0.25) is 0 Å². The second-order valence-electron chi connectivity index (χ2n) is 3.89. The first kappa shape index (κ1) is 8.48. The molecule has 3 heteroatoms. The molecule has 70 valence electrons. The smallest absolute Gasteiger partial charge is 0.0837 e. The summed E-state index contributed by atoms with van der Waals surface area (Å²) < 4.78 is 10.6. The van der Waals surface area contributed by atoms with E-state index >= 15 is 0 Å². The molecule has 2 bridgehead atoms. The van der Waals surface area contributed by atoms with Crippen LogP contribution in [-0.2, 0) is 9.47 Å². The zero-order valence-electron chi connectivity index (χ0n) is 7.40. The number of fused-ring (bicyclic) bond motifs is 2. The Morgan fingerprint density at radius 3 is 3.08 bits per heavy atom. The molecule has 0 aromatic carbocycles. The Kier molecular flexibility index (Phi) is 2.35. The average molecular weight is 172 g/mol. The molecule has 0 amide bonds. The van der Waals surface area contributed by atoms with E-state index in [0.717, 1.165) is 26.1 Å². The summed E-state index contributed by atoms with van der Waals surface area (Å²) in [4.78, 5) is 0. The number of ether oxygens (including phenoxy) is 2. The molecular weight excluding hydrogens is 156 g/mol. The standard InChI is InChI=1S/C9H16O3/c1-11-4-6-2-8(10)9-3-7(6)5-12-9/h6-10H,2-5H2,1H3. The molecule has 4 unspecified atom stereocenters. The van der Waals surface area contributed by atoms with Crippen molar-refractivity contribution in [1.29, 1.82) is 0 Å². The molecule has 2 fully saturated rings. The largest absolute Gasteiger partial charge is 0.390 e. The zero-order valence-corrected chi connectivity index (χ0v) is 7.40. The molecule has 1 N–H and O–H groups in total. The normalized spacial score (nSPS) is 46.5. The predicted molar refractivity (Wildman–Crippen MR) is 43.8 cm³/mol. The van der Waals surface area contributed by atoms with Crippen LogP contribution in [0.25, 0.3) is 0 Å². The molecule has 2 rings (SSSR count). The minimum Gasteiger partial charge on any atom is -0.390 e. The van der Waals surface area contributed by atoms with Gasteiger partial charge in [0.25, 0.3) is 0 Å². The van der Waals surface area contributed by atoms with Gasteiger partial charge in [-0.1, -0.05) is 0 Å². The number of hydrogen-bond donors (Lipinski definition) is 1. The summed E-state index contributed by atoms with van der Waals surface area (Å²) in [5, 5.41) is 9.61. The molecule has 1 saturated carbocycles. The summed E-state index contributed by atoms with van der Waals surface area (Å²) >= 11 is 0. The van der Waals surface area contributed by atoms with Crippen LogP contribution in [0.3, 0.4) is 0 Å². The van der Waals surface area contributed by atoms with E-state index in [1.807, 2.05) is 0 Å². The van der Waals surface area contributed by atoms with Gasteiger partial charge < -0.3 is 14.6 Å². The first-order valence-electron chi connectivity index (χ1n) is 4.60. The average Bonchev–Trinajstić information content (AvgIpc) is 2.46. The molecule has 1 heterocycles. The van der Waals surface area contributed by atoms with Crippen LogP contribution in [-0.4, -0.2) is 37.6 Å². The van der Waals surface area contributed by atoms with Gasteiger partial charge in [0.1, 0.15) is 0 Å². The third kappa shape index (κ3) is 1.37. The van der Waals surface area contributed by atoms with Gasteiger partial charge >= 0.3 is 0 Å². The highest BCUT2D eigenvalue weighted by Crippen LogP contribution is 2.37. The van der Waals surface area contributed by atoms with Gasteiger partial charge in [0.2, 0.25) is 0 Å². The summed E-state index contributed by atoms with van der Waals surface area (Å²) in [5.74, 6) is 1.13. The third-order valence-electron chi connectivity index (χ3n) is 3.08. The third-order valence-corrected chi connectivity index (χ3v) is 3.08. The highest BCUT2D eigenvalue weighted by Gasteiger charge is 2.41. The number of rotatable bonds is 2. The van der Waals surface area contributed by atoms with E-state index < -0.39 is 0 Å². The molecule has 0 aromatic rings. The quantitative estimate of drug-likeness (QED) is 0.656. The van der Waals surface area contributed by atoms with E-state index in [4.69, 9.17) is 9.47 Å². The van der Waals surface area contributed by atoms with Crippen LogP contribution in [0.1, 0.15) is 12.8 Å². The molecule has 0 spiro atoms. The van der Waals surface area contributed by atoms with Crippen molar-refractivity contribution in [2.45, 2.75) is 25.0 Å². The van der Waals surface area contributed by atoms with Crippen LogP contribution >= 0.6 is 0 Å². The van der Waals surface area contributed by atoms with Crippen molar-refractivity contribution < 1.29 is 14.6 Å². The monoisotopic (exact) mass is 172 g/mol. The van der Waals surface area contributed by atoms with Gasteiger partial charge in [0, 0.05) is 13.7 Å². The van der Waals surface area contributed by atoms with Crippen molar-refractivity contribution in [3.8, 4) is 0 Å². The Hall–Kier alpha value is -0.120. The van der Waals surface area contributed by atoms with Crippen LogP contribution in [0.4, 0.5) is 0 Å². The second kappa shape index (κ2) is 3.32. The number of methoxy groups -OCH3 is 1. The summed E-state index contributed by atoms with van der Waals surface area (Å²) in [5.41, 5.74) is 0. The minimum atomic E-state index is -0.260. The molecule has 1 aliphatic heterocycles. The van der Waals surface area contributed by atoms with Gasteiger partial charge in [-0.05, 0) is 24.7 Å². The maximum Gasteiger partial charge on any atom is 0.0837 e. The van der Waals surface area contributed by atoms with Crippen molar-refractivity contribution in [2.24, 2.45) is 11.8 Å². The Balaban J connectivity index is 1.97. The lowest BCUT2D eigenvalue weighted by Gasteiger charge is -2.29. The molecule has 3 nitrogen and oxygen atoms in total. The predicted octanol–water partition coefficient (Wildman–Crippen LogP) is 0.419. The van der Waals surface area contributed by atoms with Crippen molar-refractivity contribution in [2.75, 3.05) is 20.3 Å². The van der Waals surface area contributed by atoms with E-state index in [-0.39, 0.29) is 12.2 Å². The highest BCUT2D eigenvalue weighted by molar-refractivity contribution is 4.90. The van der Waals surface area contributed by atoms with E-state index in [1.165, 1.54) is 0 Å². The summed E-state index contributed by atoms with van der Waals surface area (Å²) in [6.45, 7) is 1.58. The molecule has 0 aromatic heterocycles. The Morgan fingerprint density at radius 1 is 1.50 bits per heavy atom. The maximum absolute atomic E-state index is 9.61. The molecule has 0 radical (unpaired) electrons. The fourth-order valence-corrected chi connectivity index (χ4v) is 2.35. The summed E-state index contributed by atoms with van der Waals surface area (Å²) in [6.07, 6.45) is 1.73. The van der Waals surface area contributed by atoms with Gasteiger partial charge in [-0.15, -0.1) is 0 Å². The maximum atomic E-state index is 9.61. The lowest BCUT2D eigenvalue weighted by Crippen LogP contribution is -2.35. The van der Waals surface area contributed by atoms with Crippen molar-refractivity contribution >= 4 is 0 Å². The van der Waals surface area contributed by atoms with Crippen molar-refractivity contribution in [3.05, 3.63) is 0 Å². The SMILES string of the molecule is COCC1CC(O)C2CC1CO2.